The predicted molar refractivity (Wildman–Crippen MR) is 64.3 cm³/mol. The van der Waals surface area contributed by atoms with E-state index in [1.165, 1.54) is 24.1 Å². The Labute approximate surface area is 92.1 Å². The van der Waals surface area contributed by atoms with Crippen LogP contribution in [0.4, 0.5) is 0 Å². The first-order valence-electron chi connectivity index (χ1n) is 5.84. The summed E-state index contributed by atoms with van der Waals surface area (Å²) in [6.07, 6.45) is 2.41. The Morgan fingerprint density at radius 2 is 2.13 bits per heavy atom. The summed E-state index contributed by atoms with van der Waals surface area (Å²) in [5.41, 5.74) is 2.92. The molecule has 1 aliphatic heterocycles. The van der Waals surface area contributed by atoms with Crippen molar-refractivity contribution >= 4 is 0 Å². The zero-order chi connectivity index (χ0) is 10.5. The Bertz CT molecular complexity index is 286. The SMILES string of the molecule is CNCCc1ccc(C2CCNC2)cc1. The summed E-state index contributed by atoms with van der Waals surface area (Å²) in [5.74, 6) is 0.739. The molecule has 0 spiro atoms. The molecule has 0 radical (unpaired) electrons. The first-order chi connectivity index (χ1) is 7.40. The smallest absolute Gasteiger partial charge is 0.00206 e. The minimum absolute atomic E-state index is 0.739. The van der Waals surface area contributed by atoms with Crippen molar-refractivity contribution in [2.24, 2.45) is 0 Å². The predicted octanol–water partition coefficient (Wildman–Crippen LogP) is 1.53. The lowest BCUT2D eigenvalue weighted by Crippen LogP contribution is -2.10. The largest absolute Gasteiger partial charge is 0.319 e. The fraction of sp³-hybridized carbons (Fsp3) is 0.538. The van der Waals surface area contributed by atoms with E-state index in [-0.39, 0.29) is 0 Å². The van der Waals surface area contributed by atoms with Crippen molar-refractivity contribution in [3.8, 4) is 0 Å². The van der Waals surface area contributed by atoms with Crippen molar-refractivity contribution in [1.82, 2.24) is 10.6 Å². The molecule has 2 nitrogen and oxygen atoms in total. The molecule has 1 fully saturated rings. The van der Waals surface area contributed by atoms with Gasteiger partial charge >= 0.3 is 0 Å². The number of hydrogen-bond acceptors (Lipinski definition) is 2. The van der Waals surface area contributed by atoms with E-state index in [2.05, 4.69) is 34.9 Å². The second-order valence-corrected chi connectivity index (χ2v) is 4.28. The maximum Gasteiger partial charge on any atom is 0.00206 e. The van der Waals surface area contributed by atoms with Gasteiger partial charge in [0.2, 0.25) is 0 Å². The van der Waals surface area contributed by atoms with Crippen LogP contribution in [0.2, 0.25) is 0 Å². The number of likely N-dealkylation sites (N-methyl/N-ethyl adjacent to an activating group) is 1. The molecule has 1 saturated heterocycles. The standard InChI is InChI=1S/C13H20N2/c1-14-8-6-11-2-4-12(5-3-11)13-7-9-15-10-13/h2-5,13-15H,6-10H2,1H3. The Kier molecular flexibility index (Phi) is 3.75. The molecule has 1 aliphatic rings. The minimum atomic E-state index is 0.739. The average molecular weight is 204 g/mol. The van der Waals surface area contributed by atoms with Crippen molar-refractivity contribution in [3.05, 3.63) is 35.4 Å². The molecule has 0 aliphatic carbocycles. The molecule has 1 aromatic rings. The molecule has 1 heterocycles. The molecule has 0 saturated carbocycles. The van der Waals surface area contributed by atoms with Gasteiger partial charge in [0.25, 0.3) is 0 Å². The third-order valence-electron chi connectivity index (χ3n) is 3.18. The van der Waals surface area contributed by atoms with Gasteiger partial charge in [0, 0.05) is 6.54 Å². The Balaban J connectivity index is 1.96. The first-order valence-corrected chi connectivity index (χ1v) is 5.84. The Morgan fingerprint density at radius 3 is 2.73 bits per heavy atom. The third-order valence-corrected chi connectivity index (χ3v) is 3.18. The molecule has 82 valence electrons. The van der Waals surface area contributed by atoms with Gasteiger partial charge in [-0.05, 0) is 50.0 Å². The van der Waals surface area contributed by atoms with Crippen LogP contribution < -0.4 is 10.6 Å². The lowest BCUT2D eigenvalue weighted by atomic mass is 9.97. The highest BCUT2D eigenvalue weighted by molar-refractivity contribution is 5.26. The van der Waals surface area contributed by atoms with Gasteiger partial charge in [-0.15, -0.1) is 0 Å². The summed E-state index contributed by atoms with van der Waals surface area (Å²) < 4.78 is 0. The van der Waals surface area contributed by atoms with Gasteiger partial charge in [0.05, 0.1) is 0 Å². The van der Waals surface area contributed by atoms with E-state index in [1.54, 1.807) is 0 Å². The number of hydrogen-bond donors (Lipinski definition) is 2. The first kappa shape index (κ1) is 10.7. The summed E-state index contributed by atoms with van der Waals surface area (Å²) >= 11 is 0. The second-order valence-electron chi connectivity index (χ2n) is 4.28. The molecule has 0 amide bonds. The molecule has 2 heteroatoms. The Morgan fingerprint density at radius 1 is 1.33 bits per heavy atom. The zero-order valence-corrected chi connectivity index (χ0v) is 9.42. The minimum Gasteiger partial charge on any atom is -0.319 e. The molecule has 1 aromatic carbocycles. The van der Waals surface area contributed by atoms with Gasteiger partial charge in [-0.25, -0.2) is 0 Å². The highest BCUT2D eigenvalue weighted by Gasteiger charge is 2.15. The van der Waals surface area contributed by atoms with Gasteiger partial charge in [-0.1, -0.05) is 24.3 Å². The van der Waals surface area contributed by atoms with Crippen molar-refractivity contribution in [2.75, 3.05) is 26.7 Å². The monoisotopic (exact) mass is 204 g/mol. The highest BCUT2D eigenvalue weighted by Crippen LogP contribution is 2.22. The van der Waals surface area contributed by atoms with E-state index in [1.807, 2.05) is 7.05 Å². The van der Waals surface area contributed by atoms with Gasteiger partial charge in [0.1, 0.15) is 0 Å². The van der Waals surface area contributed by atoms with E-state index in [4.69, 9.17) is 0 Å². The van der Waals surface area contributed by atoms with E-state index >= 15 is 0 Å². The van der Waals surface area contributed by atoms with Crippen LogP contribution in [0.25, 0.3) is 0 Å². The molecular weight excluding hydrogens is 184 g/mol. The van der Waals surface area contributed by atoms with Crippen LogP contribution in [-0.4, -0.2) is 26.7 Å². The molecule has 15 heavy (non-hydrogen) atoms. The van der Waals surface area contributed by atoms with Gasteiger partial charge in [-0.3, -0.25) is 0 Å². The molecule has 2 N–H and O–H groups in total. The lowest BCUT2D eigenvalue weighted by molar-refractivity contribution is 0.760. The van der Waals surface area contributed by atoms with Crippen LogP contribution in [0.5, 0.6) is 0 Å². The number of nitrogens with one attached hydrogen (secondary N) is 2. The fourth-order valence-corrected chi connectivity index (χ4v) is 2.16. The molecule has 0 aromatic heterocycles. The molecule has 1 atom stereocenters. The quantitative estimate of drug-likeness (QED) is 0.777. The summed E-state index contributed by atoms with van der Waals surface area (Å²) in [4.78, 5) is 0. The van der Waals surface area contributed by atoms with Crippen LogP contribution in [0.3, 0.4) is 0 Å². The van der Waals surface area contributed by atoms with Crippen molar-refractivity contribution < 1.29 is 0 Å². The Hall–Kier alpha value is -0.860. The van der Waals surface area contributed by atoms with E-state index in [0.717, 1.165) is 25.4 Å². The van der Waals surface area contributed by atoms with Crippen molar-refractivity contribution in [3.63, 3.8) is 0 Å². The second kappa shape index (κ2) is 5.29. The molecular formula is C13H20N2. The van der Waals surface area contributed by atoms with E-state index in [0.29, 0.717) is 0 Å². The lowest BCUT2D eigenvalue weighted by Gasteiger charge is -2.09. The number of rotatable bonds is 4. The third kappa shape index (κ3) is 2.80. The van der Waals surface area contributed by atoms with Gasteiger partial charge < -0.3 is 10.6 Å². The maximum atomic E-state index is 3.41. The van der Waals surface area contributed by atoms with Crippen molar-refractivity contribution in [1.29, 1.82) is 0 Å². The molecule has 0 bridgehead atoms. The summed E-state index contributed by atoms with van der Waals surface area (Å²) in [5, 5.41) is 6.59. The highest BCUT2D eigenvalue weighted by atomic mass is 14.9. The molecule has 1 unspecified atom stereocenters. The molecule has 2 rings (SSSR count). The van der Waals surface area contributed by atoms with Gasteiger partial charge in [-0.2, -0.15) is 0 Å². The number of benzene rings is 1. The van der Waals surface area contributed by atoms with Crippen LogP contribution in [-0.2, 0) is 6.42 Å². The summed E-state index contributed by atoms with van der Waals surface area (Å²) in [6, 6.07) is 9.13. The zero-order valence-electron chi connectivity index (χ0n) is 9.42. The van der Waals surface area contributed by atoms with Crippen molar-refractivity contribution in [2.45, 2.75) is 18.8 Å². The van der Waals surface area contributed by atoms with Crippen LogP contribution in [0.1, 0.15) is 23.5 Å². The average Bonchev–Trinajstić information content (AvgIpc) is 2.80. The van der Waals surface area contributed by atoms with Crippen LogP contribution in [0.15, 0.2) is 24.3 Å². The normalized spacial score (nSPS) is 20.7. The van der Waals surface area contributed by atoms with Gasteiger partial charge in [0.15, 0.2) is 0 Å². The summed E-state index contributed by atoms with van der Waals surface area (Å²) in [6.45, 7) is 3.38. The summed E-state index contributed by atoms with van der Waals surface area (Å²) in [7, 11) is 2.00. The van der Waals surface area contributed by atoms with E-state index < -0.39 is 0 Å². The van der Waals surface area contributed by atoms with Crippen LogP contribution >= 0.6 is 0 Å². The maximum absolute atomic E-state index is 3.41. The van der Waals surface area contributed by atoms with Crippen LogP contribution in [0, 0.1) is 0 Å². The topological polar surface area (TPSA) is 24.1 Å². The van der Waals surface area contributed by atoms with E-state index in [9.17, 15) is 0 Å². The fourth-order valence-electron chi connectivity index (χ4n) is 2.16.